The number of halogens is 1. The number of fused-ring (bicyclic) bond motifs is 5. The van der Waals surface area contributed by atoms with Gasteiger partial charge in [0.05, 0.1) is 29.8 Å². The van der Waals surface area contributed by atoms with E-state index < -0.39 is 59.6 Å². The minimum Gasteiger partial charge on any atom is -0.457 e. The molecule has 0 unspecified atom stereocenters. The molecule has 8 atom stereocenters. The Labute approximate surface area is 275 Å². The van der Waals surface area contributed by atoms with Gasteiger partial charge in [-0.15, -0.1) is 0 Å². The number of allylic oxidation sites excluding steroid dienone is 3. The normalized spacial score (nSPS) is 34.8. The van der Waals surface area contributed by atoms with Gasteiger partial charge >= 0.3 is 12.1 Å². The molecule has 0 saturated carbocycles. The van der Waals surface area contributed by atoms with Crippen LogP contribution in [0.3, 0.4) is 0 Å². The molecule has 2 fully saturated rings. The lowest BCUT2D eigenvalue weighted by Crippen LogP contribution is -2.60. The highest BCUT2D eigenvalue weighted by Crippen LogP contribution is 2.49. The van der Waals surface area contributed by atoms with Crippen LogP contribution in [0.2, 0.25) is 5.02 Å². The van der Waals surface area contributed by atoms with Crippen molar-refractivity contribution >= 4 is 47.9 Å². The fourth-order valence-electron chi connectivity index (χ4n) is 6.08. The van der Waals surface area contributed by atoms with Crippen molar-refractivity contribution in [2.75, 3.05) is 24.3 Å². The zero-order valence-corrected chi connectivity index (χ0v) is 28.6. The average molecular weight is 665 g/mol. The standard InChI is InChI=1S/C33H45ClN2O8S/c1-18-9-8-10-20(3)33(40)17-25(42-31(39)35-33)21(4)29-32(6,44-29)26(43-30(38)22(5)41-11-12-45)16-27(37)36(7)24-15-23(13-18)14-19(2)28(24)34/h8-10,14-15,20-22,25-26,29,40,45H,11-13,16-17H2,1-7H3,(H,35,39)/b10-8+,18-9+/t20-,21-,22+,25+,26+,29+,32+,33+/m1/s1. The van der Waals surface area contributed by atoms with Gasteiger partial charge in [0.1, 0.15) is 23.5 Å². The molecular weight excluding hydrogens is 620 g/mol. The lowest BCUT2D eigenvalue weighted by molar-refractivity contribution is -0.165. The van der Waals surface area contributed by atoms with E-state index in [1.807, 2.05) is 58.1 Å². The number of epoxide rings is 1. The first-order valence-corrected chi connectivity index (χ1v) is 16.3. The van der Waals surface area contributed by atoms with Crippen molar-refractivity contribution < 1.29 is 38.4 Å². The topological polar surface area (TPSA) is 127 Å². The second kappa shape index (κ2) is 14.0. The summed E-state index contributed by atoms with van der Waals surface area (Å²) >= 11 is 10.9. The number of benzene rings is 1. The number of amides is 2. The van der Waals surface area contributed by atoms with Crippen molar-refractivity contribution in [2.24, 2.45) is 11.8 Å². The number of anilines is 1. The van der Waals surface area contributed by atoms with Gasteiger partial charge in [-0.1, -0.05) is 55.3 Å². The first kappa shape index (κ1) is 35.3. The van der Waals surface area contributed by atoms with Crippen molar-refractivity contribution in [1.29, 1.82) is 0 Å². The molecule has 3 aliphatic heterocycles. The molecule has 3 aliphatic rings. The van der Waals surface area contributed by atoms with Crippen LogP contribution in [-0.2, 0) is 35.0 Å². The summed E-state index contributed by atoms with van der Waals surface area (Å²) in [5.74, 6) is -1.40. The summed E-state index contributed by atoms with van der Waals surface area (Å²) in [7, 11) is 1.64. The molecule has 0 spiro atoms. The summed E-state index contributed by atoms with van der Waals surface area (Å²) in [6.07, 6.45) is 2.30. The van der Waals surface area contributed by atoms with E-state index in [1.165, 1.54) is 4.90 Å². The minimum atomic E-state index is -1.56. The van der Waals surface area contributed by atoms with E-state index in [1.54, 1.807) is 20.9 Å². The molecule has 2 saturated heterocycles. The number of nitrogens with zero attached hydrogens (tertiary/aromatic N) is 1. The van der Waals surface area contributed by atoms with Gasteiger partial charge in [0.15, 0.2) is 6.10 Å². The molecule has 248 valence electrons. The molecule has 2 amide bonds. The Bertz CT molecular complexity index is 1370. The molecule has 2 N–H and O–H groups in total. The summed E-state index contributed by atoms with van der Waals surface area (Å²) in [6, 6.07) is 3.87. The number of alkyl carbamates (subject to hydrolysis) is 1. The van der Waals surface area contributed by atoms with Crippen LogP contribution in [0.15, 0.2) is 35.9 Å². The van der Waals surface area contributed by atoms with Crippen LogP contribution in [0.4, 0.5) is 10.5 Å². The first-order valence-electron chi connectivity index (χ1n) is 15.3. The van der Waals surface area contributed by atoms with Gasteiger partial charge in [-0.05, 0) is 51.3 Å². The molecule has 0 aromatic heterocycles. The highest BCUT2D eigenvalue weighted by molar-refractivity contribution is 7.80. The Balaban J connectivity index is 1.74. The maximum atomic E-state index is 13.8. The minimum absolute atomic E-state index is 0.106. The highest BCUT2D eigenvalue weighted by Gasteiger charge is 2.64. The van der Waals surface area contributed by atoms with Gasteiger partial charge in [-0.2, -0.15) is 12.6 Å². The van der Waals surface area contributed by atoms with Crippen LogP contribution in [0.25, 0.3) is 0 Å². The predicted octanol–water partition coefficient (Wildman–Crippen LogP) is 4.92. The van der Waals surface area contributed by atoms with Gasteiger partial charge < -0.3 is 29.0 Å². The number of aliphatic hydroxyl groups is 1. The number of rotatable bonds is 5. The van der Waals surface area contributed by atoms with Crippen molar-refractivity contribution in [1.82, 2.24) is 5.32 Å². The largest absolute Gasteiger partial charge is 0.457 e. The number of hydrogen-bond donors (Lipinski definition) is 3. The van der Waals surface area contributed by atoms with E-state index in [9.17, 15) is 19.5 Å². The number of carbonyl (C=O) groups excluding carboxylic acids is 3. The fraction of sp³-hybridized carbons (Fsp3) is 0.606. The Morgan fingerprint density at radius 1 is 1.29 bits per heavy atom. The molecule has 45 heavy (non-hydrogen) atoms. The summed E-state index contributed by atoms with van der Waals surface area (Å²) in [6.45, 7) is 11.2. The zero-order valence-electron chi connectivity index (χ0n) is 27.0. The van der Waals surface area contributed by atoms with Crippen molar-refractivity contribution in [3.8, 4) is 0 Å². The number of esters is 1. The first-order chi connectivity index (χ1) is 21.1. The molecule has 1 aromatic rings. The van der Waals surface area contributed by atoms with Gasteiger partial charge in [-0.3, -0.25) is 10.1 Å². The van der Waals surface area contributed by atoms with Gasteiger partial charge in [0, 0.05) is 31.1 Å². The number of carbonyl (C=O) groups is 3. The van der Waals surface area contributed by atoms with Gasteiger partial charge in [0.25, 0.3) is 0 Å². The Kier molecular flexibility index (Phi) is 11.0. The summed E-state index contributed by atoms with van der Waals surface area (Å²) in [5, 5.41) is 14.6. The van der Waals surface area contributed by atoms with Crippen molar-refractivity contribution in [3.63, 3.8) is 0 Å². The SMILES string of the molecule is C/C1=C\C=C\[C@@H](C)[C@@]2(O)C[C@H](OC(=O)N2)[C@@H](C)[C@@H]2O[C@@]2(C)[C@@H](OC(=O)[C@H](C)OCCS)CC(=O)N(C)c2cc(cc(C)c2Cl)C1. The Morgan fingerprint density at radius 3 is 2.69 bits per heavy atom. The lowest BCUT2D eigenvalue weighted by Gasteiger charge is -2.41. The van der Waals surface area contributed by atoms with E-state index in [0.29, 0.717) is 22.9 Å². The second-order valence-electron chi connectivity index (χ2n) is 12.7. The predicted molar refractivity (Wildman–Crippen MR) is 175 cm³/mol. The number of thiol groups is 1. The lowest BCUT2D eigenvalue weighted by atomic mass is 9.82. The van der Waals surface area contributed by atoms with Gasteiger partial charge in [-0.25, -0.2) is 9.59 Å². The quantitative estimate of drug-likeness (QED) is 0.230. The zero-order chi connectivity index (χ0) is 33.3. The molecule has 0 aliphatic carbocycles. The number of aryl methyl sites for hydroxylation is 1. The molecule has 1 aromatic carbocycles. The Morgan fingerprint density at radius 2 is 2.00 bits per heavy atom. The molecule has 3 heterocycles. The van der Waals surface area contributed by atoms with E-state index in [-0.39, 0.29) is 25.4 Å². The smallest absolute Gasteiger partial charge is 0.409 e. The van der Waals surface area contributed by atoms with E-state index in [2.05, 4.69) is 17.9 Å². The van der Waals surface area contributed by atoms with Crippen LogP contribution in [0.5, 0.6) is 0 Å². The van der Waals surface area contributed by atoms with Crippen molar-refractivity contribution in [3.05, 3.63) is 52.1 Å². The van der Waals surface area contributed by atoms with E-state index >= 15 is 0 Å². The van der Waals surface area contributed by atoms with Crippen LogP contribution in [-0.4, -0.2) is 78.2 Å². The molecule has 10 nitrogen and oxygen atoms in total. The monoisotopic (exact) mass is 664 g/mol. The second-order valence-corrected chi connectivity index (χ2v) is 13.5. The molecule has 4 rings (SSSR count). The maximum Gasteiger partial charge on any atom is 0.409 e. The maximum absolute atomic E-state index is 13.8. The molecular formula is C33H45ClN2O8S. The summed E-state index contributed by atoms with van der Waals surface area (Å²) in [5.41, 5.74) is 0.722. The third-order valence-corrected chi connectivity index (χ3v) is 9.81. The third kappa shape index (κ3) is 7.88. The van der Waals surface area contributed by atoms with Crippen molar-refractivity contribution in [2.45, 2.75) is 96.5 Å². The van der Waals surface area contributed by atoms with Crippen LogP contribution in [0, 0.1) is 18.8 Å². The number of hydrogen-bond acceptors (Lipinski definition) is 9. The highest BCUT2D eigenvalue weighted by atomic mass is 35.5. The van der Waals surface area contributed by atoms with Crippen LogP contribution in [0.1, 0.15) is 58.6 Å². The van der Waals surface area contributed by atoms with E-state index in [0.717, 1.165) is 16.7 Å². The summed E-state index contributed by atoms with van der Waals surface area (Å²) < 4.78 is 23.3. The summed E-state index contributed by atoms with van der Waals surface area (Å²) in [4.78, 5) is 41.1. The van der Waals surface area contributed by atoms with Crippen LogP contribution >= 0.6 is 24.2 Å². The Hall–Kier alpha value is -2.57. The number of nitrogens with one attached hydrogen (secondary N) is 1. The molecule has 4 bridgehead atoms. The van der Waals surface area contributed by atoms with Gasteiger partial charge in [0.2, 0.25) is 5.91 Å². The van der Waals surface area contributed by atoms with Crippen LogP contribution < -0.4 is 10.2 Å². The van der Waals surface area contributed by atoms with E-state index in [4.69, 9.17) is 30.5 Å². The molecule has 0 radical (unpaired) electrons. The average Bonchev–Trinajstić information content (AvgIpc) is 3.67. The third-order valence-electron chi connectivity index (χ3n) is 9.14. The fourth-order valence-corrected chi connectivity index (χ4v) is 6.42. The number of ether oxygens (including phenoxy) is 4. The molecule has 12 heteroatoms.